The lowest BCUT2D eigenvalue weighted by Gasteiger charge is -2.37. The van der Waals surface area contributed by atoms with Gasteiger partial charge in [-0.25, -0.2) is 0 Å². The summed E-state index contributed by atoms with van der Waals surface area (Å²) in [5.41, 5.74) is 1.13. The lowest BCUT2D eigenvalue weighted by molar-refractivity contribution is -0.127. The molecule has 0 radical (unpaired) electrons. The molecule has 1 N–H and O–H groups in total. The van der Waals surface area contributed by atoms with E-state index in [1.807, 2.05) is 24.3 Å². The standard InChI is InChI=1S/C28H40N4O4/c1-31-13-5-6-24(31)10-12-30-28(33)23-14-22(20-36-25-7-4-11-29-16-25)18-32(19-23)17-21-8-9-26(34-2)27(15-21)35-3/h4,7-9,11,15-16,22-24H,5-6,10,12-14,17-20H2,1-3H3,(H,30,33)/t22-,23+,24?/m0/s1. The average Bonchev–Trinajstić information content (AvgIpc) is 3.32. The van der Waals surface area contributed by atoms with Crippen LogP contribution in [0.2, 0.25) is 0 Å². The lowest BCUT2D eigenvalue weighted by Crippen LogP contribution is -2.47. The van der Waals surface area contributed by atoms with Crippen LogP contribution in [-0.2, 0) is 11.3 Å². The van der Waals surface area contributed by atoms with E-state index in [0.717, 1.165) is 62.6 Å². The van der Waals surface area contributed by atoms with Gasteiger partial charge in [-0.2, -0.15) is 0 Å². The van der Waals surface area contributed by atoms with Crippen molar-refractivity contribution in [3.05, 3.63) is 48.3 Å². The second-order valence-corrected chi connectivity index (χ2v) is 10.0. The van der Waals surface area contributed by atoms with Crippen molar-refractivity contribution in [3.8, 4) is 17.2 Å². The Balaban J connectivity index is 1.39. The van der Waals surface area contributed by atoms with Gasteiger partial charge in [-0.3, -0.25) is 14.7 Å². The van der Waals surface area contributed by atoms with Crippen LogP contribution in [0.3, 0.4) is 0 Å². The fourth-order valence-corrected chi connectivity index (χ4v) is 5.48. The summed E-state index contributed by atoms with van der Waals surface area (Å²) < 4.78 is 16.9. The summed E-state index contributed by atoms with van der Waals surface area (Å²) in [5.74, 6) is 2.52. The average molecular weight is 497 g/mol. The maximum absolute atomic E-state index is 13.2. The normalized spacial score (nSPS) is 22.8. The predicted octanol–water partition coefficient (Wildman–Crippen LogP) is 3.22. The number of nitrogens with one attached hydrogen (secondary N) is 1. The number of pyridine rings is 1. The minimum Gasteiger partial charge on any atom is -0.493 e. The molecule has 2 fully saturated rings. The van der Waals surface area contributed by atoms with E-state index in [4.69, 9.17) is 14.2 Å². The second kappa shape index (κ2) is 12.9. The van der Waals surface area contributed by atoms with E-state index >= 15 is 0 Å². The van der Waals surface area contributed by atoms with Gasteiger partial charge in [0.25, 0.3) is 0 Å². The molecule has 196 valence electrons. The molecular formula is C28H40N4O4. The minimum atomic E-state index is -0.0669. The van der Waals surface area contributed by atoms with E-state index in [9.17, 15) is 4.79 Å². The second-order valence-electron chi connectivity index (χ2n) is 10.0. The summed E-state index contributed by atoms with van der Waals surface area (Å²) >= 11 is 0. The largest absolute Gasteiger partial charge is 0.493 e. The molecule has 0 aliphatic carbocycles. The Labute approximate surface area is 214 Å². The zero-order chi connectivity index (χ0) is 25.3. The Morgan fingerprint density at radius 2 is 2.03 bits per heavy atom. The Kier molecular flexibility index (Phi) is 9.41. The molecule has 0 spiro atoms. The number of nitrogens with zero attached hydrogens (tertiary/aromatic N) is 3. The van der Waals surface area contributed by atoms with Crippen LogP contribution in [-0.4, -0.2) is 80.8 Å². The number of hydrogen-bond donors (Lipinski definition) is 1. The maximum atomic E-state index is 13.2. The molecule has 2 aliphatic heterocycles. The lowest BCUT2D eigenvalue weighted by atomic mass is 9.88. The number of carbonyl (C=O) groups is 1. The van der Waals surface area contributed by atoms with E-state index in [-0.39, 0.29) is 17.7 Å². The summed E-state index contributed by atoms with van der Waals surface area (Å²) in [4.78, 5) is 22.1. The number of likely N-dealkylation sites (tertiary alicyclic amines) is 2. The Morgan fingerprint density at radius 3 is 2.75 bits per heavy atom. The third kappa shape index (κ3) is 7.11. The minimum absolute atomic E-state index is 0.0669. The van der Waals surface area contributed by atoms with Crippen molar-refractivity contribution in [2.24, 2.45) is 11.8 Å². The zero-order valence-electron chi connectivity index (χ0n) is 21.8. The van der Waals surface area contributed by atoms with Crippen molar-refractivity contribution in [3.63, 3.8) is 0 Å². The quantitative estimate of drug-likeness (QED) is 0.512. The number of amides is 1. The molecule has 3 atom stereocenters. The SMILES string of the molecule is COc1ccc(CN2C[C@@H](COc3cccnc3)C[C@@H](C(=O)NCCC3CCCN3C)C2)cc1OC. The van der Waals surface area contributed by atoms with E-state index in [1.54, 1.807) is 26.6 Å². The topological polar surface area (TPSA) is 76.2 Å². The first-order valence-corrected chi connectivity index (χ1v) is 13.0. The Hall–Kier alpha value is -2.84. The number of rotatable bonds is 11. The summed E-state index contributed by atoms with van der Waals surface area (Å²) in [5, 5.41) is 3.23. The third-order valence-electron chi connectivity index (χ3n) is 7.41. The van der Waals surface area contributed by atoms with Gasteiger partial charge in [-0.05, 0) is 69.1 Å². The first kappa shape index (κ1) is 26.2. The van der Waals surface area contributed by atoms with Gasteiger partial charge in [-0.1, -0.05) is 6.07 Å². The van der Waals surface area contributed by atoms with Crippen molar-refractivity contribution >= 4 is 5.91 Å². The van der Waals surface area contributed by atoms with E-state index in [1.165, 1.54) is 12.8 Å². The molecule has 2 aromatic rings. The molecule has 8 nitrogen and oxygen atoms in total. The molecule has 36 heavy (non-hydrogen) atoms. The molecule has 0 bridgehead atoms. The summed E-state index contributed by atoms with van der Waals surface area (Å²) in [6.45, 7) is 4.78. The van der Waals surface area contributed by atoms with E-state index < -0.39 is 0 Å². The zero-order valence-corrected chi connectivity index (χ0v) is 21.8. The molecule has 8 heteroatoms. The fourth-order valence-electron chi connectivity index (χ4n) is 5.48. The van der Waals surface area contributed by atoms with Crippen LogP contribution in [0, 0.1) is 11.8 Å². The number of methoxy groups -OCH3 is 2. The van der Waals surface area contributed by atoms with Gasteiger partial charge in [-0.15, -0.1) is 0 Å². The van der Waals surface area contributed by atoms with Gasteiger partial charge in [0, 0.05) is 44.3 Å². The third-order valence-corrected chi connectivity index (χ3v) is 7.41. The van der Waals surface area contributed by atoms with Gasteiger partial charge in [0.05, 0.1) is 32.9 Å². The van der Waals surface area contributed by atoms with Crippen molar-refractivity contribution in [1.29, 1.82) is 0 Å². The predicted molar refractivity (Wildman–Crippen MR) is 139 cm³/mol. The Bertz CT molecular complexity index is 973. The first-order chi connectivity index (χ1) is 17.6. The molecular weight excluding hydrogens is 456 g/mol. The summed E-state index contributed by atoms with van der Waals surface area (Å²) in [7, 11) is 5.47. The van der Waals surface area contributed by atoms with E-state index in [2.05, 4.69) is 33.2 Å². The molecule has 2 saturated heterocycles. The van der Waals surface area contributed by atoms with Crippen LogP contribution >= 0.6 is 0 Å². The number of aromatic nitrogens is 1. The van der Waals surface area contributed by atoms with Crippen molar-refractivity contribution < 1.29 is 19.0 Å². The van der Waals surface area contributed by atoms with Crippen LogP contribution in [0.15, 0.2) is 42.7 Å². The number of carbonyl (C=O) groups excluding carboxylic acids is 1. The summed E-state index contributed by atoms with van der Waals surface area (Å²) in [6, 6.07) is 10.4. The van der Waals surface area contributed by atoms with Gasteiger partial charge >= 0.3 is 0 Å². The number of ether oxygens (including phenoxy) is 3. The molecule has 0 saturated carbocycles. The van der Waals surface area contributed by atoms with Crippen LogP contribution in [0.4, 0.5) is 0 Å². The van der Waals surface area contributed by atoms with Crippen molar-refractivity contribution in [2.75, 3.05) is 54.1 Å². The molecule has 1 amide bonds. The van der Waals surface area contributed by atoms with Crippen LogP contribution in [0.1, 0.15) is 31.2 Å². The summed E-state index contributed by atoms with van der Waals surface area (Å²) in [6.07, 6.45) is 7.77. The van der Waals surface area contributed by atoms with Crippen molar-refractivity contribution in [2.45, 2.75) is 38.3 Å². The number of piperidine rings is 1. The molecule has 1 unspecified atom stereocenters. The highest BCUT2D eigenvalue weighted by molar-refractivity contribution is 5.79. The first-order valence-electron chi connectivity index (χ1n) is 13.0. The van der Waals surface area contributed by atoms with Gasteiger partial charge < -0.3 is 24.4 Å². The fraction of sp³-hybridized carbons (Fsp3) is 0.571. The Morgan fingerprint density at radius 1 is 1.17 bits per heavy atom. The van der Waals surface area contributed by atoms with E-state index in [0.29, 0.717) is 18.4 Å². The van der Waals surface area contributed by atoms with Crippen LogP contribution < -0.4 is 19.5 Å². The molecule has 4 rings (SSSR count). The monoisotopic (exact) mass is 496 g/mol. The van der Waals surface area contributed by atoms with Crippen molar-refractivity contribution in [1.82, 2.24) is 20.1 Å². The number of hydrogen-bond acceptors (Lipinski definition) is 7. The highest BCUT2D eigenvalue weighted by Crippen LogP contribution is 2.30. The molecule has 1 aromatic carbocycles. The van der Waals surface area contributed by atoms with Gasteiger partial charge in [0.15, 0.2) is 11.5 Å². The van der Waals surface area contributed by atoms with Crippen LogP contribution in [0.25, 0.3) is 0 Å². The molecule has 2 aliphatic rings. The number of benzene rings is 1. The van der Waals surface area contributed by atoms with Crippen LogP contribution in [0.5, 0.6) is 17.2 Å². The molecule has 3 heterocycles. The highest BCUT2D eigenvalue weighted by Gasteiger charge is 2.32. The molecule has 1 aromatic heterocycles. The highest BCUT2D eigenvalue weighted by atomic mass is 16.5. The maximum Gasteiger partial charge on any atom is 0.224 e. The smallest absolute Gasteiger partial charge is 0.224 e. The van der Waals surface area contributed by atoms with Gasteiger partial charge in [0.2, 0.25) is 5.91 Å². The van der Waals surface area contributed by atoms with Gasteiger partial charge in [0.1, 0.15) is 5.75 Å².